The van der Waals surface area contributed by atoms with E-state index in [9.17, 15) is 20.4 Å². The van der Waals surface area contributed by atoms with Crippen molar-refractivity contribution < 1.29 is 25.2 Å². The van der Waals surface area contributed by atoms with Crippen LogP contribution in [0.15, 0.2) is 0 Å². The molecule has 4 unspecified atom stereocenters. The Labute approximate surface area is 152 Å². The van der Waals surface area contributed by atoms with Gasteiger partial charge in [0.15, 0.2) is 0 Å². The number of aliphatic hydroxyl groups excluding tert-OH is 4. The van der Waals surface area contributed by atoms with Crippen molar-refractivity contribution in [2.45, 2.75) is 88.3 Å². The zero-order chi connectivity index (χ0) is 18.2. The Morgan fingerprint density at radius 3 is 1.48 bits per heavy atom. The van der Waals surface area contributed by atoms with Crippen LogP contribution >= 0.6 is 0 Å². The fourth-order valence-corrected chi connectivity index (χ4v) is 5.35. The second kappa shape index (κ2) is 10.2. The predicted octanol–water partition coefficient (Wildman–Crippen LogP) is 2.39. The van der Waals surface area contributed by atoms with Gasteiger partial charge in [0.25, 0.3) is 0 Å². The lowest BCUT2D eigenvalue weighted by atomic mass is 9.71. The minimum absolute atomic E-state index is 0.112. The molecule has 0 aromatic rings. The fourth-order valence-electron chi connectivity index (χ4n) is 5.35. The second-order valence-electron chi connectivity index (χ2n) is 8.36. The summed E-state index contributed by atoms with van der Waals surface area (Å²) < 4.78 is 6.86. The summed E-state index contributed by atoms with van der Waals surface area (Å²) in [7, 11) is 0. The monoisotopic (exact) mass is 358 g/mol. The average Bonchev–Trinajstić information content (AvgIpc) is 2.56. The van der Waals surface area contributed by atoms with E-state index in [4.69, 9.17) is 4.74 Å². The van der Waals surface area contributed by atoms with Gasteiger partial charge in [-0.1, -0.05) is 25.7 Å². The van der Waals surface area contributed by atoms with Gasteiger partial charge in [0.1, 0.15) is 0 Å². The normalized spacial score (nSPS) is 36.5. The Balaban J connectivity index is 2.15. The Morgan fingerprint density at radius 1 is 0.680 bits per heavy atom. The molecular weight excluding hydrogens is 320 g/mol. The molecule has 2 saturated carbocycles. The van der Waals surface area contributed by atoms with Crippen molar-refractivity contribution in [2.75, 3.05) is 26.4 Å². The van der Waals surface area contributed by atoms with Crippen LogP contribution in [0, 0.1) is 11.8 Å². The highest BCUT2D eigenvalue weighted by atomic mass is 16.5. The highest BCUT2D eigenvalue weighted by Gasteiger charge is 2.46. The molecule has 4 atom stereocenters. The topological polar surface area (TPSA) is 90.2 Å². The van der Waals surface area contributed by atoms with Gasteiger partial charge < -0.3 is 25.2 Å². The third kappa shape index (κ3) is 5.90. The largest absolute Gasteiger partial charge is 0.396 e. The summed E-state index contributed by atoms with van der Waals surface area (Å²) in [4.78, 5) is 0. The molecule has 5 nitrogen and oxygen atoms in total. The van der Waals surface area contributed by atoms with Gasteiger partial charge in [-0.3, -0.25) is 0 Å². The molecule has 2 fully saturated rings. The SMILES string of the molecule is OCCC1CCCC(CCO)(OC2(CCO)CCCC(CCO)C2)C1. The number of hydrogen-bond acceptors (Lipinski definition) is 5. The molecule has 25 heavy (non-hydrogen) atoms. The molecule has 0 spiro atoms. The first kappa shape index (κ1) is 21.1. The van der Waals surface area contributed by atoms with Gasteiger partial charge in [-0.25, -0.2) is 0 Å². The standard InChI is InChI=1S/C20H38O5/c21-11-5-17-3-1-7-19(15-17,9-13-23)25-20(10-14-24)8-2-4-18(16-20)6-12-22/h17-18,21-24H,1-16H2. The molecule has 0 aromatic heterocycles. The van der Waals surface area contributed by atoms with E-state index in [-0.39, 0.29) is 37.6 Å². The maximum atomic E-state index is 9.67. The molecule has 148 valence electrons. The smallest absolute Gasteiger partial charge is 0.0714 e. The molecule has 2 aliphatic rings. The van der Waals surface area contributed by atoms with Crippen LogP contribution in [0.25, 0.3) is 0 Å². The number of rotatable bonds is 10. The number of ether oxygens (including phenoxy) is 1. The molecule has 0 aliphatic heterocycles. The lowest BCUT2D eigenvalue weighted by Gasteiger charge is -2.50. The molecule has 2 rings (SSSR count). The quantitative estimate of drug-likeness (QED) is 0.481. The maximum Gasteiger partial charge on any atom is 0.0714 e. The van der Waals surface area contributed by atoms with Crippen molar-refractivity contribution >= 4 is 0 Å². The van der Waals surface area contributed by atoms with Gasteiger partial charge in [0, 0.05) is 26.4 Å². The molecule has 0 aromatic carbocycles. The van der Waals surface area contributed by atoms with Crippen LogP contribution in [0.5, 0.6) is 0 Å². The minimum atomic E-state index is -0.330. The molecular formula is C20H38O5. The van der Waals surface area contributed by atoms with E-state index in [0.717, 1.165) is 64.2 Å². The summed E-state index contributed by atoms with van der Waals surface area (Å²) in [5.41, 5.74) is -0.660. The van der Waals surface area contributed by atoms with Gasteiger partial charge in [-0.2, -0.15) is 0 Å². The first-order chi connectivity index (χ1) is 12.1. The molecule has 0 heterocycles. The minimum Gasteiger partial charge on any atom is -0.396 e. The summed E-state index contributed by atoms with van der Waals surface area (Å²) >= 11 is 0. The molecule has 0 saturated heterocycles. The van der Waals surface area contributed by atoms with Gasteiger partial charge in [0.2, 0.25) is 0 Å². The maximum absolute atomic E-state index is 9.67. The summed E-state index contributed by atoms with van der Waals surface area (Å²) in [5, 5.41) is 38.0. The van der Waals surface area contributed by atoms with E-state index in [1.807, 2.05) is 0 Å². The summed E-state index contributed by atoms with van der Waals surface area (Å²) in [6.45, 7) is 0.642. The lowest BCUT2D eigenvalue weighted by molar-refractivity contribution is -0.208. The third-order valence-electron chi connectivity index (χ3n) is 6.45. The van der Waals surface area contributed by atoms with Gasteiger partial charge in [0.05, 0.1) is 11.2 Å². The zero-order valence-electron chi connectivity index (χ0n) is 15.7. The van der Waals surface area contributed by atoms with Crippen LogP contribution < -0.4 is 0 Å². The molecule has 4 N–H and O–H groups in total. The van der Waals surface area contributed by atoms with E-state index in [1.54, 1.807) is 0 Å². The van der Waals surface area contributed by atoms with E-state index in [0.29, 0.717) is 24.7 Å². The fraction of sp³-hybridized carbons (Fsp3) is 1.00. The summed E-state index contributed by atoms with van der Waals surface area (Å²) in [6, 6.07) is 0. The van der Waals surface area contributed by atoms with Crippen molar-refractivity contribution in [2.24, 2.45) is 11.8 Å². The highest BCUT2D eigenvalue weighted by molar-refractivity contribution is 4.96. The molecule has 0 radical (unpaired) electrons. The summed E-state index contributed by atoms with van der Waals surface area (Å²) in [6.07, 6.45) is 10.9. The first-order valence-corrected chi connectivity index (χ1v) is 10.2. The van der Waals surface area contributed by atoms with Crippen LogP contribution in [0.3, 0.4) is 0 Å². The van der Waals surface area contributed by atoms with Crippen LogP contribution in [0.2, 0.25) is 0 Å². The van der Waals surface area contributed by atoms with Crippen molar-refractivity contribution in [1.82, 2.24) is 0 Å². The van der Waals surface area contributed by atoms with Crippen LogP contribution in [0.4, 0.5) is 0 Å². The average molecular weight is 359 g/mol. The van der Waals surface area contributed by atoms with Crippen molar-refractivity contribution in [3.05, 3.63) is 0 Å². The molecule has 2 aliphatic carbocycles. The number of hydrogen-bond donors (Lipinski definition) is 4. The van der Waals surface area contributed by atoms with Crippen LogP contribution in [0.1, 0.15) is 77.0 Å². The predicted molar refractivity (Wildman–Crippen MR) is 97.3 cm³/mol. The summed E-state index contributed by atoms with van der Waals surface area (Å²) in [5.74, 6) is 0.904. The molecule has 5 heteroatoms. The van der Waals surface area contributed by atoms with E-state index < -0.39 is 0 Å². The van der Waals surface area contributed by atoms with E-state index in [2.05, 4.69) is 0 Å². The van der Waals surface area contributed by atoms with Crippen LogP contribution in [-0.2, 0) is 4.74 Å². The van der Waals surface area contributed by atoms with Crippen molar-refractivity contribution in [3.63, 3.8) is 0 Å². The Morgan fingerprint density at radius 2 is 1.12 bits per heavy atom. The first-order valence-electron chi connectivity index (χ1n) is 10.2. The third-order valence-corrected chi connectivity index (χ3v) is 6.45. The highest BCUT2D eigenvalue weighted by Crippen LogP contribution is 2.47. The van der Waals surface area contributed by atoms with Crippen LogP contribution in [-0.4, -0.2) is 58.1 Å². The van der Waals surface area contributed by atoms with Gasteiger partial charge >= 0.3 is 0 Å². The van der Waals surface area contributed by atoms with Crippen molar-refractivity contribution in [1.29, 1.82) is 0 Å². The lowest BCUT2D eigenvalue weighted by Crippen LogP contribution is -2.50. The zero-order valence-corrected chi connectivity index (χ0v) is 15.7. The van der Waals surface area contributed by atoms with Gasteiger partial charge in [-0.15, -0.1) is 0 Å². The van der Waals surface area contributed by atoms with Gasteiger partial charge in [-0.05, 0) is 63.2 Å². The molecule has 0 amide bonds. The van der Waals surface area contributed by atoms with E-state index in [1.165, 1.54) is 0 Å². The second-order valence-corrected chi connectivity index (χ2v) is 8.36. The Bertz CT molecular complexity index is 331. The molecule has 0 bridgehead atoms. The van der Waals surface area contributed by atoms with Crippen molar-refractivity contribution in [3.8, 4) is 0 Å². The van der Waals surface area contributed by atoms with E-state index >= 15 is 0 Å². The Kier molecular flexibility index (Phi) is 8.62. The number of aliphatic hydroxyl groups is 4. The Hall–Kier alpha value is -0.200.